The van der Waals surface area contributed by atoms with E-state index in [4.69, 9.17) is 5.73 Å². The van der Waals surface area contributed by atoms with Crippen LogP contribution in [0.25, 0.3) is 0 Å². The maximum atomic E-state index is 12.5. The molecule has 0 spiro atoms. The molecule has 1 aromatic heterocycles. The van der Waals surface area contributed by atoms with Gasteiger partial charge in [-0.15, -0.1) is 11.3 Å². The van der Waals surface area contributed by atoms with Crippen molar-refractivity contribution in [1.82, 2.24) is 5.32 Å². The Balaban J connectivity index is 1.76. The zero-order valence-electron chi connectivity index (χ0n) is 12.5. The normalized spacial score (nSPS) is 36.0. The summed E-state index contributed by atoms with van der Waals surface area (Å²) >= 11 is 1.55. The molecule has 2 bridgehead atoms. The van der Waals surface area contributed by atoms with Gasteiger partial charge in [-0.3, -0.25) is 4.79 Å². The minimum Gasteiger partial charge on any atom is -0.351 e. The first kappa shape index (κ1) is 14.1. The molecule has 0 aliphatic heterocycles. The van der Waals surface area contributed by atoms with E-state index in [-0.39, 0.29) is 22.8 Å². The van der Waals surface area contributed by atoms with E-state index in [1.165, 1.54) is 19.3 Å². The van der Waals surface area contributed by atoms with Gasteiger partial charge in [0.1, 0.15) is 6.04 Å². The Kier molecular flexibility index (Phi) is 3.22. The average molecular weight is 292 g/mol. The van der Waals surface area contributed by atoms with Crippen LogP contribution in [0.15, 0.2) is 17.5 Å². The Morgan fingerprint density at radius 3 is 2.80 bits per heavy atom. The summed E-state index contributed by atoms with van der Waals surface area (Å²) in [5.41, 5.74) is 6.52. The summed E-state index contributed by atoms with van der Waals surface area (Å²) in [4.78, 5) is 13.4. The van der Waals surface area contributed by atoms with Crippen molar-refractivity contribution < 1.29 is 4.79 Å². The van der Waals surface area contributed by atoms with E-state index in [0.717, 1.165) is 10.8 Å². The van der Waals surface area contributed by atoms with E-state index < -0.39 is 6.04 Å². The lowest BCUT2D eigenvalue weighted by Gasteiger charge is -2.43. The zero-order chi connectivity index (χ0) is 14.5. The monoisotopic (exact) mass is 292 g/mol. The van der Waals surface area contributed by atoms with Gasteiger partial charge in [-0.05, 0) is 47.5 Å². The van der Waals surface area contributed by atoms with Gasteiger partial charge in [0.25, 0.3) is 0 Å². The number of fused-ring (bicyclic) bond motifs is 2. The molecule has 4 unspecified atom stereocenters. The number of amides is 1. The Labute approximate surface area is 124 Å². The van der Waals surface area contributed by atoms with Crippen molar-refractivity contribution in [1.29, 1.82) is 0 Å². The third-order valence-corrected chi connectivity index (χ3v) is 6.64. The second kappa shape index (κ2) is 4.57. The van der Waals surface area contributed by atoms with Crippen molar-refractivity contribution in [3.8, 4) is 0 Å². The molecule has 2 saturated carbocycles. The Hall–Kier alpha value is -0.870. The van der Waals surface area contributed by atoms with Crippen molar-refractivity contribution in [3.05, 3.63) is 22.4 Å². The fourth-order valence-electron chi connectivity index (χ4n) is 4.49. The SMILES string of the molecule is CC12CCC(C1)C(C)(C)C2NC(=O)C(N)c1cccs1. The van der Waals surface area contributed by atoms with Crippen LogP contribution in [0.4, 0.5) is 0 Å². The van der Waals surface area contributed by atoms with Gasteiger partial charge in [0, 0.05) is 10.9 Å². The summed E-state index contributed by atoms with van der Waals surface area (Å²) in [6, 6.07) is 3.58. The number of rotatable bonds is 3. The molecule has 4 atom stereocenters. The van der Waals surface area contributed by atoms with Crippen molar-refractivity contribution in [2.24, 2.45) is 22.5 Å². The predicted octanol–water partition coefficient (Wildman–Crippen LogP) is 3.08. The van der Waals surface area contributed by atoms with Crippen LogP contribution in [0.3, 0.4) is 0 Å². The number of thiophene rings is 1. The number of carbonyl (C=O) groups is 1. The summed E-state index contributed by atoms with van der Waals surface area (Å²) in [5, 5.41) is 5.24. The van der Waals surface area contributed by atoms with E-state index in [0.29, 0.717) is 0 Å². The first-order chi connectivity index (χ1) is 9.34. The maximum absolute atomic E-state index is 12.5. The molecule has 1 amide bonds. The lowest BCUT2D eigenvalue weighted by atomic mass is 9.68. The number of hydrogen-bond donors (Lipinski definition) is 2. The minimum atomic E-state index is -0.534. The van der Waals surface area contributed by atoms with Gasteiger partial charge in [-0.2, -0.15) is 0 Å². The van der Waals surface area contributed by atoms with Gasteiger partial charge in [0.2, 0.25) is 5.91 Å². The second-order valence-corrected chi connectivity index (χ2v) is 8.33. The highest BCUT2D eigenvalue weighted by molar-refractivity contribution is 7.10. The molecule has 4 heteroatoms. The molecule has 0 aromatic carbocycles. The first-order valence-corrected chi connectivity index (χ1v) is 8.32. The molecule has 1 aromatic rings. The molecule has 2 aliphatic rings. The first-order valence-electron chi connectivity index (χ1n) is 7.44. The molecular weight excluding hydrogens is 268 g/mol. The Morgan fingerprint density at radius 2 is 2.25 bits per heavy atom. The molecule has 3 rings (SSSR count). The van der Waals surface area contributed by atoms with Crippen LogP contribution >= 0.6 is 11.3 Å². The second-order valence-electron chi connectivity index (χ2n) is 7.35. The highest BCUT2D eigenvalue weighted by Gasteiger charge is 2.59. The fraction of sp³-hybridized carbons (Fsp3) is 0.688. The summed E-state index contributed by atoms with van der Waals surface area (Å²) in [5.74, 6) is 0.704. The van der Waals surface area contributed by atoms with Crippen LogP contribution in [0, 0.1) is 16.7 Å². The highest BCUT2D eigenvalue weighted by Crippen LogP contribution is 2.62. The average Bonchev–Trinajstić information content (AvgIpc) is 3.06. The van der Waals surface area contributed by atoms with Crippen molar-refractivity contribution >= 4 is 17.2 Å². The van der Waals surface area contributed by atoms with Crippen LogP contribution in [0.5, 0.6) is 0 Å². The lowest BCUT2D eigenvalue weighted by Crippen LogP contribution is -2.54. The largest absolute Gasteiger partial charge is 0.351 e. The van der Waals surface area contributed by atoms with Gasteiger partial charge in [-0.1, -0.05) is 26.8 Å². The highest BCUT2D eigenvalue weighted by atomic mass is 32.1. The van der Waals surface area contributed by atoms with E-state index in [1.807, 2.05) is 17.5 Å². The Bertz CT molecular complexity index is 506. The molecule has 0 radical (unpaired) electrons. The lowest BCUT2D eigenvalue weighted by molar-refractivity contribution is -0.125. The number of nitrogens with one attached hydrogen (secondary N) is 1. The van der Waals surface area contributed by atoms with Gasteiger partial charge in [0.05, 0.1) is 0 Å². The fourth-order valence-corrected chi connectivity index (χ4v) is 5.22. The number of nitrogens with two attached hydrogens (primary N) is 1. The van der Waals surface area contributed by atoms with Crippen molar-refractivity contribution in [3.63, 3.8) is 0 Å². The van der Waals surface area contributed by atoms with Crippen LogP contribution in [0.2, 0.25) is 0 Å². The molecule has 2 fully saturated rings. The van der Waals surface area contributed by atoms with E-state index >= 15 is 0 Å². The quantitative estimate of drug-likeness (QED) is 0.899. The molecule has 3 N–H and O–H groups in total. The Morgan fingerprint density at radius 1 is 1.50 bits per heavy atom. The molecular formula is C16H24N2OS. The molecule has 0 saturated heterocycles. The zero-order valence-corrected chi connectivity index (χ0v) is 13.3. The van der Waals surface area contributed by atoms with Crippen LogP contribution < -0.4 is 11.1 Å². The number of hydrogen-bond acceptors (Lipinski definition) is 3. The molecule has 3 nitrogen and oxygen atoms in total. The summed E-state index contributed by atoms with van der Waals surface area (Å²) in [6.07, 6.45) is 3.76. The summed E-state index contributed by atoms with van der Waals surface area (Å²) in [7, 11) is 0. The van der Waals surface area contributed by atoms with Crippen molar-refractivity contribution in [2.45, 2.75) is 52.1 Å². The molecule has 1 heterocycles. The van der Waals surface area contributed by atoms with Crippen LogP contribution in [-0.4, -0.2) is 11.9 Å². The van der Waals surface area contributed by atoms with Gasteiger partial charge >= 0.3 is 0 Å². The third kappa shape index (κ3) is 2.01. The molecule has 2 aliphatic carbocycles. The van der Waals surface area contributed by atoms with E-state index in [1.54, 1.807) is 11.3 Å². The van der Waals surface area contributed by atoms with Gasteiger partial charge in [-0.25, -0.2) is 0 Å². The van der Waals surface area contributed by atoms with Crippen LogP contribution in [-0.2, 0) is 4.79 Å². The van der Waals surface area contributed by atoms with E-state index in [9.17, 15) is 4.79 Å². The predicted molar refractivity (Wildman–Crippen MR) is 82.4 cm³/mol. The van der Waals surface area contributed by atoms with Crippen molar-refractivity contribution in [2.75, 3.05) is 0 Å². The molecule has 20 heavy (non-hydrogen) atoms. The maximum Gasteiger partial charge on any atom is 0.242 e. The standard InChI is InChI=1S/C16H24N2OS/c1-15(2)10-6-7-16(3,9-10)14(15)18-13(19)12(17)11-5-4-8-20-11/h4-5,8,10,12,14H,6-7,9,17H2,1-3H3,(H,18,19). The topological polar surface area (TPSA) is 55.1 Å². The summed E-state index contributed by atoms with van der Waals surface area (Å²) < 4.78 is 0. The smallest absolute Gasteiger partial charge is 0.242 e. The van der Waals surface area contributed by atoms with Gasteiger partial charge < -0.3 is 11.1 Å². The van der Waals surface area contributed by atoms with Gasteiger partial charge in [0.15, 0.2) is 0 Å². The summed E-state index contributed by atoms with van der Waals surface area (Å²) in [6.45, 7) is 6.91. The third-order valence-electron chi connectivity index (χ3n) is 5.69. The minimum absolute atomic E-state index is 0.0284. The molecule has 110 valence electrons. The van der Waals surface area contributed by atoms with Crippen LogP contribution in [0.1, 0.15) is 51.0 Å². The number of carbonyl (C=O) groups excluding carboxylic acids is 1. The van der Waals surface area contributed by atoms with E-state index in [2.05, 4.69) is 26.1 Å².